The predicted octanol–water partition coefficient (Wildman–Crippen LogP) is 4.75. The van der Waals surface area contributed by atoms with Gasteiger partial charge in [0.25, 0.3) is 0 Å². The summed E-state index contributed by atoms with van der Waals surface area (Å²) in [6.45, 7) is 9.18. The Morgan fingerprint density at radius 2 is 2.16 bits per heavy atom. The van der Waals surface area contributed by atoms with Gasteiger partial charge in [0.2, 0.25) is 0 Å². The molecule has 0 bridgehead atoms. The van der Waals surface area contributed by atoms with Crippen LogP contribution in [0, 0.1) is 5.82 Å². The maximum Gasteiger partial charge on any atom is 0.127 e. The maximum atomic E-state index is 13.8. The van der Waals surface area contributed by atoms with Gasteiger partial charge in [0.15, 0.2) is 0 Å². The summed E-state index contributed by atoms with van der Waals surface area (Å²) < 4.78 is 13.8. The largest absolute Gasteiger partial charge is 0.313 e. The lowest BCUT2D eigenvalue weighted by molar-refractivity contribution is 0.488. The van der Waals surface area contributed by atoms with Crippen LogP contribution in [-0.4, -0.2) is 12.6 Å². The van der Waals surface area contributed by atoms with E-state index in [1.807, 2.05) is 0 Å². The van der Waals surface area contributed by atoms with Crippen LogP contribution in [0.25, 0.3) is 0 Å². The quantitative estimate of drug-likeness (QED) is 0.679. The van der Waals surface area contributed by atoms with Crippen molar-refractivity contribution in [3.05, 3.63) is 46.8 Å². The van der Waals surface area contributed by atoms with Crippen LogP contribution in [-0.2, 0) is 6.42 Å². The van der Waals surface area contributed by atoms with Gasteiger partial charge in [0.05, 0.1) is 0 Å². The topological polar surface area (TPSA) is 12.0 Å². The minimum absolute atomic E-state index is 0.196. The highest BCUT2D eigenvalue weighted by Gasteiger charge is 2.15. The average Bonchev–Trinajstić information content (AvgIpc) is 2.39. The molecule has 1 atom stereocenters. The molecule has 3 heteroatoms. The fourth-order valence-electron chi connectivity index (χ4n) is 2.03. The zero-order chi connectivity index (χ0) is 14.3. The SMILES string of the molecule is C=C(CC)CC(Cc1c(F)cccc1Cl)NCCC. The maximum absolute atomic E-state index is 13.8. The van der Waals surface area contributed by atoms with Gasteiger partial charge in [0, 0.05) is 16.6 Å². The molecule has 1 aromatic carbocycles. The Hall–Kier alpha value is -0.860. The first kappa shape index (κ1) is 16.2. The third-order valence-corrected chi connectivity index (χ3v) is 3.58. The molecule has 0 saturated heterocycles. The molecule has 0 amide bonds. The molecule has 1 N–H and O–H groups in total. The Bertz CT molecular complexity index is 397. The van der Waals surface area contributed by atoms with Gasteiger partial charge in [-0.2, -0.15) is 0 Å². The third-order valence-electron chi connectivity index (χ3n) is 3.23. The number of rotatable bonds is 8. The van der Waals surface area contributed by atoms with Crippen molar-refractivity contribution in [2.45, 2.75) is 45.6 Å². The first-order valence-corrected chi connectivity index (χ1v) is 7.29. The summed E-state index contributed by atoms with van der Waals surface area (Å²) in [7, 11) is 0. The summed E-state index contributed by atoms with van der Waals surface area (Å²) in [5.74, 6) is -0.224. The molecule has 19 heavy (non-hydrogen) atoms. The fourth-order valence-corrected chi connectivity index (χ4v) is 2.27. The normalized spacial score (nSPS) is 12.4. The van der Waals surface area contributed by atoms with Gasteiger partial charge in [0.1, 0.15) is 5.82 Å². The molecule has 1 unspecified atom stereocenters. The summed E-state index contributed by atoms with van der Waals surface area (Å²) >= 11 is 6.09. The van der Waals surface area contributed by atoms with E-state index in [-0.39, 0.29) is 11.9 Å². The van der Waals surface area contributed by atoms with Crippen molar-refractivity contribution < 1.29 is 4.39 Å². The van der Waals surface area contributed by atoms with Crippen LogP contribution in [0.5, 0.6) is 0 Å². The number of halogens is 2. The van der Waals surface area contributed by atoms with Crippen molar-refractivity contribution in [3.63, 3.8) is 0 Å². The molecule has 0 saturated carbocycles. The van der Waals surface area contributed by atoms with E-state index >= 15 is 0 Å². The van der Waals surface area contributed by atoms with Gasteiger partial charge in [-0.1, -0.05) is 43.7 Å². The van der Waals surface area contributed by atoms with E-state index in [9.17, 15) is 4.39 Å². The number of hydrogen-bond acceptors (Lipinski definition) is 1. The molecular weight excluding hydrogens is 261 g/mol. The summed E-state index contributed by atoms with van der Waals surface area (Å²) in [5, 5.41) is 3.96. The molecule has 0 aliphatic carbocycles. The van der Waals surface area contributed by atoms with Crippen LogP contribution < -0.4 is 5.32 Å². The lowest BCUT2D eigenvalue weighted by atomic mass is 9.98. The molecule has 0 fully saturated rings. The summed E-state index contributed by atoms with van der Waals surface area (Å²) in [5.41, 5.74) is 1.78. The highest BCUT2D eigenvalue weighted by molar-refractivity contribution is 6.31. The lowest BCUT2D eigenvalue weighted by Gasteiger charge is -2.20. The minimum Gasteiger partial charge on any atom is -0.313 e. The molecule has 1 nitrogen and oxygen atoms in total. The molecule has 1 aromatic rings. The fraction of sp³-hybridized carbons (Fsp3) is 0.500. The van der Waals surface area contributed by atoms with Gasteiger partial charge in [-0.3, -0.25) is 0 Å². The average molecular weight is 284 g/mol. The zero-order valence-electron chi connectivity index (χ0n) is 11.8. The van der Waals surface area contributed by atoms with Gasteiger partial charge in [-0.25, -0.2) is 4.39 Å². The van der Waals surface area contributed by atoms with Crippen LogP contribution in [0.3, 0.4) is 0 Å². The van der Waals surface area contributed by atoms with Gasteiger partial charge in [-0.05, 0) is 44.4 Å². The molecule has 106 valence electrons. The third kappa shape index (κ3) is 5.33. The highest BCUT2D eigenvalue weighted by atomic mass is 35.5. The van der Waals surface area contributed by atoms with Crippen LogP contribution in [0.15, 0.2) is 30.4 Å². The van der Waals surface area contributed by atoms with Crippen LogP contribution >= 0.6 is 11.6 Å². The standard InChI is InChI=1S/C16H23ClFN/c1-4-9-19-13(10-12(3)5-2)11-14-15(17)7-6-8-16(14)18/h6-8,13,19H,3-5,9-11H2,1-2H3. The van der Waals surface area contributed by atoms with Gasteiger partial charge < -0.3 is 5.32 Å². The molecule has 0 heterocycles. The Morgan fingerprint density at radius 3 is 2.74 bits per heavy atom. The summed E-state index contributed by atoms with van der Waals surface area (Å²) in [6.07, 6.45) is 3.47. The number of nitrogens with one attached hydrogen (secondary N) is 1. The van der Waals surface area contributed by atoms with Crippen molar-refractivity contribution in [1.29, 1.82) is 0 Å². The Morgan fingerprint density at radius 1 is 1.42 bits per heavy atom. The van der Waals surface area contributed by atoms with Gasteiger partial charge >= 0.3 is 0 Å². The van der Waals surface area contributed by atoms with E-state index in [1.165, 1.54) is 11.6 Å². The molecule has 0 aliphatic rings. The highest BCUT2D eigenvalue weighted by Crippen LogP contribution is 2.22. The monoisotopic (exact) mass is 283 g/mol. The van der Waals surface area contributed by atoms with E-state index in [0.717, 1.165) is 25.8 Å². The second kappa shape index (κ2) is 8.34. The Kier molecular flexibility index (Phi) is 7.11. The first-order valence-electron chi connectivity index (χ1n) is 6.91. The van der Waals surface area contributed by atoms with Crippen molar-refractivity contribution in [2.75, 3.05) is 6.54 Å². The first-order chi connectivity index (χ1) is 9.08. The molecule has 0 aromatic heterocycles. The van der Waals surface area contributed by atoms with Crippen LogP contribution in [0.1, 0.15) is 38.7 Å². The van der Waals surface area contributed by atoms with E-state index in [2.05, 4.69) is 25.7 Å². The molecule has 0 radical (unpaired) electrons. The summed E-state index contributed by atoms with van der Waals surface area (Å²) in [4.78, 5) is 0. The van der Waals surface area contributed by atoms with Crippen LogP contribution in [0.4, 0.5) is 4.39 Å². The predicted molar refractivity (Wildman–Crippen MR) is 81.2 cm³/mol. The zero-order valence-corrected chi connectivity index (χ0v) is 12.6. The molecular formula is C16H23ClFN. The second-order valence-corrected chi connectivity index (χ2v) is 5.27. The number of benzene rings is 1. The van der Waals surface area contributed by atoms with E-state index in [0.29, 0.717) is 17.0 Å². The minimum atomic E-state index is -0.224. The summed E-state index contributed by atoms with van der Waals surface area (Å²) in [6, 6.07) is 5.04. The van der Waals surface area contributed by atoms with E-state index < -0.39 is 0 Å². The molecule has 0 spiro atoms. The lowest BCUT2D eigenvalue weighted by Crippen LogP contribution is -2.32. The van der Waals surface area contributed by atoms with E-state index in [4.69, 9.17) is 11.6 Å². The molecule has 1 rings (SSSR count). The van der Waals surface area contributed by atoms with E-state index in [1.54, 1.807) is 12.1 Å². The second-order valence-electron chi connectivity index (χ2n) is 4.86. The van der Waals surface area contributed by atoms with Crippen LogP contribution in [0.2, 0.25) is 5.02 Å². The van der Waals surface area contributed by atoms with Crippen molar-refractivity contribution in [2.24, 2.45) is 0 Å². The number of hydrogen-bond donors (Lipinski definition) is 1. The van der Waals surface area contributed by atoms with Crippen molar-refractivity contribution >= 4 is 11.6 Å². The molecule has 0 aliphatic heterocycles. The smallest absolute Gasteiger partial charge is 0.127 e. The van der Waals surface area contributed by atoms with Crippen molar-refractivity contribution in [3.8, 4) is 0 Å². The Labute approximate surface area is 120 Å². The van der Waals surface area contributed by atoms with Crippen molar-refractivity contribution in [1.82, 2.24) is 5.32 Å². The Balaban J connectivity index is 2.78. The van der Waals surface area contributed by atoms with Gasteiger partial charge in [-0.15, -0.1) is 0 Å².